The topological polar surface area (TPSA) is 59.9 Å². The van der Waals surface area contributed by atoms with Gasteiger partial charge in [0.05, 0.1) is 25.8 Å². The van der Waals surface area contributed by atoms with Crippen LogP contribution in [0, 0.1) is 0 Å². The molecule has 2 aromatic rings. The van der Waals surface area contributed by atoms with E-state index in [0.717, 1.165) is 16.3 Å². The van der Waals surface area contributed by atoms with Gasteiger partial charge in [-0.1, -0.05) is 42.5 Å². The van der Waals surface area contributed by atoms with Gasteiger partial charge >= 0.3 is 0 Å². The number of benzene rings is 2. The van der Waals surface area contributed by atoms with E-state index in [1.165, 1.54) is 0 Å². The molecule has 1 amide bonds. The molecule has 114 valence electrons. The maximum absolute atomic E-state index is 11.9. The van der Waals surface area contributed by atoms with Gasteiger partial charge in [0.1, 0.15) is 0 Å². The summed E-state index contributed by atoms with van der Waals surface area (Å²) in [6.45, 7) is 2.79. The van der Waals surface area contributed by atoms with Crippen LogP contribution in [0.1, 0.15) is 18.9 Å². The van der Waals surface area contributed by atoms with Crippen LogP contribution in [0.5, 0.6) is 0 Å². The summed E-state index contributed by atoms with van der Waals surface area (Å²) in [5.41, 5.74) is 3.47. The molecule has 1 aliphatic rings. The fourth-order valence-corrected chi connectivity index (χ4v) is 2.53. The second kappa shape index (κ2) is 6.25. The summed E-state index contributed by atoms with van der Waals surface area (Å²) in [6.07, 6.45) is 1.78. The summed E-state index contributed by atoms with van der Waals surface area (Å²) in [5, 5.41) is 6.26. The summed E-state index contributed by atoms with van der Waals surface area (Å²) >= 11 is 0. The number of rotatable bonds is 4. The van der Waals surface area contributed by atoms with E-state index >= 15 is 0 Å². The SMILES string of the molecule is CC1(CC(=O)NN=Cc2cccc3ccccc23)OCCO1. The van der Waals surface area contributed by atoms with E-state index in [9.17, 15) is 4.79 Å². The molecule has 1 aliphatic heterocycles. The van der Waals surface area contributed by atoms with Crippen LogP contribution in [-0.4, -0.2) is 31.1 Å². The molecule has 0 aliphatic carbocycles. The van der Waals surface area contributed by atoms with Gasteiger partial charge in [0.15, 0.2) is 5.79 Å². The first kappa shape index (κ1) is 14.7. The predicted octanol–water partition coefficient (Wildman–Crippen LogP) is 2.44. The third-order valence-corrected chi connectivity index (χ3v) is 3.60. The maximum Gasteiger partial charge on any atom is 0.245 e. The Balaban J connectivity index is 1.65. The summed E-state index contributed by atoms with van der Waals surface area (Å²) in [7, 11) is 0. The van der Waals surface area contributed by atoms with Crippen molar-refractivity contribution >= 4 is 22.9 Å². The minimum atomic E-state index is -0.834. The molecule has 0 aromatic heterocycles. The monoisotopic (exact) mass is 298 g/mol. The van der Waals surface area contributed by atoms with Crippen LogP contribution in [0.3, 0.4) is 0 Å². The number of ether oxygens (including phenoxy) is 2. The first-order valence-corrected chi connectivity index (χ1v) is 7.24. The quantitative estimate of drug-likeness (QED) is 0.696. The highest BCUT2D eigenvalue weighted by molar-refractivity contribution is 5.99. The van der Waals surface area contributed by atoms with E-state index in [-0.39, 0.29) is 12.3 Å². The maximum atomic E-state index is 11.9. The standard InChI is InChI=1S/C17H18N2O3/c1-17(21-9-10-22-17)11-16(20)19-18-12-14-7-4-6-13-5-2-3-8-15(13)14/h2-8,12H,9-11H2,1H3,(H,19,20). The molecule has 22 heavy (non-hydrogen) atoms. The Bertz CT molecular complexity index is 701. The first-order valence-electron chi connectivity index (χ1n) is 7.24. The van der Waals surface area contributed by atoms with Gasteiger partial charge in [-0.05, 0) is 17.7 Å². The van der Waals surface area contributed by atoms with E-state index in [0.29, 0.717) is 13.2 Å². The van der Waals surface area contributed by atoms with Gasteiger partial charge in [-0.3, -0.25) is 4.79 Å². The van der Waals surface area contributed by atoms with Crippen molar-refractivity contribution in [2.45, 2.75) is 19.1 Å². The molecular weight excluding hydrogens is 280 g/mol. The number of nitrogens with zero attached hydrogens (tertiary/aromatic N) is 1. The minimum Gasteiger partial charge on any atom is -0.347 e. The van der Waals surface area contributed by atoms with Gasteiger partial charge < -0.3 is 9.47 Å². The normalized spacial score (nSPS) is 17.1. The van der Waals surface area contributed by atoms with Crippen molar-refractivity contribution in [3.63, 3.8) is 0 Å². The van der Waals surface area contributed by atoms with E-state index in [2.05, 4.69) is 10.5 Å². The van der Waals surface area contributed by atoms with Gasteiger partial charge in [-0.15, -0.1) is 0 Å². The average Bonchev–Trinajstić information content (AvgIpc) is 2.93. The van der Waals surface area contributed by atoms with Crippen LogP contribution >= 0.6 is 0 Å². The number of hydrogen-bond donors (Lipinski definition) is 1. The van der Waals surface area contributed by atoms with Crippen molar-refractivity contribution in [2.75, 3.05) is 13.2 Å². The molecule has 0 radical (unpaired) electrons. The van der Waals surface area contributed by atoms with E-state index in [1.807, 2.05) is 42.5 Å². The lowest BCUT2D eigenvalue weighted by atomic mass is 10.1. The molecular formula is C17H18N2O3. The van der Waals surface area contributed by atoms with E-state index in [4.69, 9.17) is 9.47 Å². The Hall–Kier alpha value is -2.24. The van der Waals surface area contributed by atoms with Gasteiger partial charge in [-0.2, -0.15) is 5.10 Å². The molecule has 1 fully saturated rings. The number of carbonyl (C=O) groups is 1. The van der Waals surface area contributed by atoms with Crippen molar-refractivity contribution in [3.8, 4) is 0 Å². The number of amides is 1. The van der Waals surface area contributed by atoms with Gasteiger partial charge in [0.25, 0.3) is 0 Å². The van der Waals surface area contributed by atoms with Crippen molar-refractivity contribution < 1.29 is 14.3 Å². The van der Waals surface area contributed by atoms with Crippen LogP contribution in [0.25, 0.3) is 10.8 Å². The smallest absolute Gasteiger partial charge is 0.245 e. The number of hydrogen-bond acceptors (Lipinski definition) is 4. The van der Waals surface area contributed by atoms with Crippen LogP contribution in [0.4, 0.5) is 0 Å². The number of fused-ring (bicyclic) bond motifs is 1. The van der Waals surface area contributed by atoms with Crippen molar-refractivity contribution in [1.82, 2.24) is 5.43 Å². The molecule has 1 heterocycles. The Morgan fingerprint density at radius 2 is 1.95 bits per heavy atom. The van der Waals surface area contributed by atoms with Crippen LogP contribution in [0.15, 0.2) is 47.6 Å². The predicted molar refractivity (Wildman–Crippen MR) is 84.6 cm³/mol. The van der Waals surface area contributed by atoms with Crippen molar-refractivity contribution in [1.29, 1.82) is 0 Å². The van der Waals surface area contributed by atoms with E-state index < -0.39 is 5.79 Å². The molecule has 0 spiro atoms. The van der Waals surface area contributed by atoms with Gasteiger partial charge in [0.2, 0.25) is 5.91 Å². The molecule has 0 bridgehead atoms. The summed E-state index contributed by atoms with van der Waals surface area (Å²) in [5.74, 6) is -1.07. The summed E-state index contributed by atoms with van der Waals surface area (Å²) in [6, 6.07) is 14.0. The zero-order valence-corrected chi connectivity index (χ0v) is 12.4. The molecule has 2 aromatic carbocycles. The highest BCUT2D eigenvalue weighted by Gasteiger charge is 2.33. The lowest BCUT2D eigenvalue weighted by Crippen LogP contribution is -2.33. The zero-order valence-electron chi connectivity index (χ0n) is 12.4. The van der Waals surface area contributed by atoms with Crippen LogP contribution in [0.2, 0.25) is 0 Å². The lowest BCUT2D eigenvalue weighted by molar-refractivity contribution is -0.159. The third kappa shape index (κ3) is 3.32. The average molecular weight is 298 g/mol. The number of carbonyl (C=O) groups excluding carboxylic acids is 1. The molecule has 1 N–H and O–H groups in total. The summed E-state index contributed by atoms with van der Waals surface area (Å²) in [4.78, 5) is 11.9. The number of hydrazone groups is 1. The minimum absolute atomic E-state index is 0.125. The Kier molecular flexibility index (Phi) is 4.18. The summed E-state index contributed by atoms with van der Waals surface area (Å²) < 4.78 is 10.8. The van der Waals surface area contributed by atoms with Crippen LogP contribution < -0.4 is 5.43 Å². The Morgan fingerprint density at radius 3 is 2.77 bits per heavy atom. The number of nitrogens with one attached hydrogen (secondary N) is 1. The van der Waals surface area contributed by atoms with E-state index in [1.54, 1.807) is 13.1 Å². The highest BCUT2D eigenvalue weighted by atomic mass is 16.7. The Labute approximate surface area is 128 Å². The largest absolute Gasteiger partial charge is 0.347 e. The van der Waals surface area contributed by atoms with Gasteiger partial charge in [-0.25, -0.2) is 5.43 Å². The van der Waals surface area contributed by atoms with Crippen LogP contribution in [-0.2, 0) is 14.3 Å². The molecule has 1 saturated heterocycles. The molecule has 3 rings (SSSR count). The first-order chi connectivity index (χ1) is 10.7. The lowest BCUT2D eigenvalue weighted by Gasteiger charge is -2.20. The zero-order chi connectivity index (χ0) is 15.4. The van der Waals surface area contributed by atoms with Gasteiger partial charge in [0, 0.05) is 5.56 Å². The fraction of sp³-hybridized carbons (Fsp3) is 0.294. The van der Waals surface area contributed by atoms with Crippen molar-refractivity contribution in [2.24, 2.45) is 5.10 Å². The molecule has 0 saturated carbocycles. The molecule has 0 unspecified atom stereocenters. The molecule has 5 nitrogen and oxygen atoms in total. The molecule has 5 heteroatoms. The molecule has 0 atom stereocenters. The Morgan fingerprint density at radius 1 is 1.23 bits per heavy atom. The highest BCUT2D eigenvalue weighted by Crippen LogP contribution is 2.22. The second-order valence-electron chi connectivity index (χ2n) is 5.37. The third-order valence-electron chi connectivity index (χ3n) is 3.60. The van der Waals surface area contributed by atoms with Crippen molar-refractivity contribution in [3.05, 3.63) is 48.0 Å². The fourth-order valence-electron chi connectivity index (χ4n) is 2.53. The second-order valence-corrected chi connectivity index (χ2v) is 5.37.